The van der Waals surface area contributed by atoms with E-state index in [-0.39, 0.29) is 30.5 Å². The van der Waals surface area contributed by atoms with Gasteiger partial charge in [0.1, 0.15) is 11.4 Å². The monoisotopic (exact) mass is 389 g/mol. The van der Waals surface area contributed by atoms with Crippen LogP contribution in [0.25, 0.3) is 11.4 Å². The molecule has 1 saturated carbocycles. The number of aliphatic carboxylic acids is 1. The van der Waals surface area contributed by atoms with Crippen LogP contribution in [0.1, 0.15) is 50.5 Å². The predicted octanol–water partition coefficient (Wildman–Crippen LogP) is 3.27. The van der Waals surface area contributed by atoms with E-state index in [1.807, 2.05) is 0 Å². The van der Waals surface area contributed by atoms with Crippen molar-refractivity contribution in [2.45, 2.75) is 57.9 Å². The molecular formula is C20H24FN3O4. The molecule has 1 aliphatic carbocycles. The second-order valence-electron chi connectivity index (χ2n) is 7.59. The first kappa shape index (κ1) is 20.0. The molecular weight excluding hydrogens is 365 g/mol. The van der Waals surface area contributed by atoms with E-state index in [0.717, 1.165) is 12.8 Å². The second-order valence-corrected chi connectivity index (χ2v) is 7.59. The minimum absolute atomic E-state index is 0.0503. The van der Waals surface area contributed by atoms with Gasteiger partial charge in [-0.05, 0) is 62.3 Å². The molecule has 0 aliphatic heterocycles. The molecule has 0 saturated heterocycles. The Hall–Kier alpha value is -2.77. The maximum atomic E-state index is 13.4. The Labute approximate surface area is 162 Å². The van der Waals surface area contributed by atoms with Crippen LogP contribution in [0, 0.1) is 18.7 Å². The van der Waals surface area contributed by atoms with Crippen LogP contribution in [-0.4, -0.2) is 32.7 Å². The van der Waals surface area contributed by atoms with Crippen molar-refractivity contribution in [2.24, 2.45) is 5.92 Å². The molecule has 3 rings (SSSR count). The number of aryl methyl sites for hydroxylation is 2. The zero-order valence-corrected chi connectivity index (χ0v) is 16.0. The van der Waals surface area contributed by atoms with Crippen molar-refractivity contribution >= 4 is 11.9 Å². The third-order valence-corrected chi connectivity index (χ3v) is 5.37. The van der Waals surface area contributed by atoms with Gasteiger partial charge in [0.15, 0.2) is 0 Å². The molecule has 0 radical (unpaired) electrons. The molecule has 0 unspecified atom stereocenters. The largest absolute Gasteiger partial charge is 0.480 e. The van der Waals surface area contributed by atoms with Gasteiger partial charge in [0.2, 0.25) is 17.6 Å². The van der Waals surface area contributed by atoms with Crippen LogP contribution in [0.5, 0.6) is 0 Å². The lowest BCUT2D eigenvalue weighted by Crippen LogP contribution is -2.56. The molecule has 2 aromatic rings. The number of aromatic nitrogens is 2. The number of nitrogens with one attached hydrogen (secondary N) is 1. The predicted molar refractivity (Wildman–Crippen MR) is 98.9 cm³/mol. The first-order valence-electron chi connectivity index (χ1n) is 9.42. The van der Waals surface area contributed by atoms with Crippen LogP contribution in [0.2, 0.25) is 0 Å². The molecule has 1 aromatic carbocycles. The van der Waals surface area contributed by atoms with Crippen molar-refractivity contribution in [3.63, 3.8) is 0 Å². The summed E-state index contributed by atoms with van der Waals surface area (Å²) in [5.74, 6) is -0.589. The van der Waals surface area contributed by atoms with Gasteiger partial charge in [-0.2, -0.15) is 4.98 Å². The quantitative estimate of drug-likeness (QED) is 0.786. The highest BCUT2D eigenvalue weighted by Crippen LogP contribution is 2.32. The Kier molecular flexibility index (Phi) is 5.76. The summed E-state index contributed by atoms with van der Waals surface area (Å²) < 4.78 is 18.5. The number of benzene rings is 1. The minimum atomic E-state index is -1.19. The zero-order chi connectivity index (χ0) is 20.3. The average Bonchev–Trinajstić information content (AvgIpc) is 3.13. The third-order valence-electron chi connectivity index (χ3n) is 5.37. The number of amides is 1. The summed E-state index contributed by atoms with van der Waals surface area (Å²) in [6.45, 7) is 3.73. The average molecular weight is 389 g/mol. The van der Waals surface area contributed by atoms with Gasteiger partial charge < -0.3 is 14.9 Å². The summed E-state index contributed by atoms with van der Waals surface area (Å²) >= 11 is 0. The lowest BCUT2D eigenvalue weighted by atomic mass is 9.77. The van der Waals surface area contributed by atoms with Crippen LogP contribution in [-0.2, 0) is 16.0 Å². The number of halogens is 1. The van der Waals surface area contributed by atoms with Crippen LogP contribution >= 0.6 is 0 Å². The van der Waals surface area contributed by atoms with Gasteiger partial charge >= 0.3 is 5.97 Å². The number of carboxylic acids is 1. The number of hydrogen-bond donors (Lipinski definition) is 2. The van der Waals surface area contributed by atoms with Crippen molar-refractivity contribution in [3.05, 3.63) is 35.5 Å². The van der Waals surface area contributed by atoms with Gasteiger partial charge in [0.05, 0.1) is 0 Å². The molecule has 1 amide bonds. The van der Waals surface area contributed by atoms with E-state index in [1.54, 1.807) is 19.1 Å². The van der Waals surface area contributed by atoms with Crippen molar-refractivity contribution < 1.29 is 23.6 Å². The molecule has 1 aromatic heterocycles. The number of carbonyl (C=O) groups excluding carboxylic acids is 1. The topological polar surface area (TPSA) is 105 Å². The standard InChI is InChI=1S/C20H24FN3O4/c1-12-7-9-20(10-8-12,19(26)27)23-16(25)5-6-17-22-18(24-28-17)14-3-4-15(21)13(2)11-14/h3-4,11-12H,5-10H2,1-2H3,(H,23,25)(H,26,27). The molecule has 2 N–H and O–H groups in total. The van der Waals surface area contributed by atoms with Crippen molar-refractivity contribution in [1.29, 1.82) is 0 Å². The van der Waals surface area contributed by atoms with Gasteiger partial charge in [-0.15, -0.1) is 0 Å². The third kappa shape index (κ3) is 4.37. The molecule has 0 atom stereocenters. The highest BCUT2D eigenvalue weighted by atomic mass is 19.1. The molecule has 8 heteroatoms. The minimum Gasteiger partial charge on any atom is -0.480 e. The van der Waals surface area contributed by atoms with Crippen LogP contribution in [0.4, 0.5) is 4.39 Å². The molecule has 1 aliphatic rings. The summed E-state index contributed by atoms with van der Waals surface area (Å²) in [6, 6.07) is 4.52. The van der Waals surface area contributed by atoms with Crippen LogP contribution in [0.15, 0.2) is 22.7 Å². The lowest BCUT2D eigenvalue weighted by Gasteiger charge is -2.36. The zero-order valence-electron chi connectivity index (χ0n) is 16.0. The highest BCUT2D eigenvalue weighted by Gasteiger charge is 2.42. The summed E-state index contributed by atoms with van der Waals surface area (Å²) in [6.07, 6.45) is 2.67. The van der Waals surface area contributed by atoms with Gasteiger partial charge in [0.25, 0.3) is 0 Å². The summed E-state index contributed by atoms with van der Waals surface area (Å²) in [7, 11) is 0. The highest BCUT2D eigenvalue weighted by molar-refractivity contribution is 5.87. The van der Waals surface area contributed by atoms with E-state index in [4.69, 9.17) is 4.52 Å². The van der Waals surface area contributed by atoms with Gasteiger partial charge in [-0.1, -0.05) is 12.1 Å². The normalized spacial score (nSPS) is 22.0. The number of nitrogens with zero attached hydrogens (tertiary/aromatic N) is 2. The first-order chi connectivity index (χ1) is 13.3. The summed E-state index contributed by atoms with van der Waals surface area (Å²) in [4.78, 5) is 28.3. The van der Waals surface area contributed by atoms with E-state index in [2.05, 4.69) is 22.4 Å². The number of carbonyl (C=O) groups is 2. The number of carboxylic acid groups (broad SMARTS) is 1. The molecule has 1 heterocycles. The van der Waals surface area contributed by atoms with Crippen molar-refractivity contribution in [3.8, 4) is 11.4 Å². The Bertz CT molecular complexity index is 872. The molecule has 7 nitrogen and oxygen atoms in total. The Morgan fingerprint density at radius 3 is 2.71 bits per heavy atom. The Balaban J connectivity index is 1.59. The smallest absolute Gasteiger partial charge is 0.329 e. The fraction of sp³-hybridized carbons (Fsp3) is 0.500. The van der Waals surface area contributed by atoms with E-state index < -0.39 is 11.5 Å². The molecule has 0 bridgehead atoms. The van der Waals surface area contributed by atoms with Crippen molar-refractivity contribution in [1.82, 2.24) is 15.5 Å². The number of rotatable bonds is 6. The fourth-order valence-corrected chi connectivity index (χ4v) is 3.45. The Morgan fingerprint density at radius 1 is 1.36 bits per heavy atom. The van der Waals surface area contributed by atoms with Crippen LogP contribution < -0.4 is 5.32 Å². The molecule has 28 heavy (non-hydrogen) atoms. The molecule has 0 spiro atoms. The van der Waals surface area contributed by atoms with Gasteiger partial charge in [-0.3, -0.25) is 4.79 Å². The maximum Gasteiger partial charge on any atom is 0.329 e. The molecule has 1 fully saturated rings. The summed E-state index contributed by atoms with van der Waals surface area (Å²) in [5, 5.41) is 16.2. The summed E-state index contributed by atoms with van der Waals surface area (Å²) in [5.41, 5.74) is -0.0848. The van der Waals surface area contributed by atoms with E-state index in [0.29, 0.717) is 35.7 Å². The Morgan fingerprint density at radius 2 is 2.07 bits per heavy atom. The lowest BCUT2D eigenvalue weighted by molar-refractivity contribution is -0.149. The fourth-order valence-electron chi connectivity index (χ4n) is 3.45. The van der Waals surface area contributed by atoms with Gasteiger partial charge in [-0.25, -0.2) is 9.18 Å². The number of hydrogen-bond acceptors (Lipinski definition) is 5. The maximum absolute atomic E-state index is 13.4. The molecule has 150 valence electrons. The van der Waals surface area contributed by atoms with Crippen LogP contribution in [0.3, 0.4) is 0 Å². The second kappa shape index (κ2) is 8.08. The SMILES string of the molecule is Cc1cc(-c2noc(CCC(=O)NC3(C(=O)O)CCC(C)CC3)n2)ccc1F. The first-order valence-corrected chi connectivity index (χ1v) is 9.42. The van der Waals surface area contributed by atoms with E-state index >= 15 is 0 Å². The van der Waals surface area contributed by atoms with E-state index in [9.17, 15) is 19.1 Å². The van der Waals surface area contributed by atoms with Gasteiger partial charge in [0, 0.05) is 18.4 Å². The van der Waals surface area contributed by atoms with Crippen molar-refractivity contribution in [2.75, 3.05) is 0 Å². The van der Waals surface area contributed by atoms with E-state index in [1.165, 1.54) is 6.07 Å².